The molecule has 1 N–H and O–H groups in total. The SMILES string of the molecule is Cc1cc(C)cc(N(CC(=O)N(Cc2ccc(F)cc2)[C@H](C)C(=O)NCC(C)C)S(=O)(=O)c2ccccc2)c1. The minimum atomic E-state index is -4.13. The van der Waals surface area contributed by atoms with Crippen molar-refractivity contribution in [3.63, 3.8) is 0 Å². The maximum atomic E-state index is 13.9. The third-order valence-electron chi connectivity index (χ3n) is 6.22. The van der Waals surface area contributed by atoms with E-state index in [1.54, 1.807) is 37.3 Å². The van der Waals surface area contributed by atoms with E-state index in [1.807, 2.05) is 33.8 Å². The molecule has 3 aromatic carbocycles. The molecule has 39 heavy (non-hydrogen) atoms. The summed E-state index contributed by atoms with van der Waals surface area (Å²) in [5, 5.41) is 2.84. The molecule has 0 heterocycles. The number of benzene rings is 3. The standard InChI is InChI=1S/C30H36FN3O4S/c1-21(2)18-32-30(36)24(5)33(19-25-11-13-26(31)14-12-25)29(35)20-34(27-16-22(3)15-23(4)17-27)39(37,38)28-9-7-6-8-10-28/h6-17,21,24H,18-20H2,1-5H3,(H,32,36)/t24-/m1/s1. The highest BCUT2D eigenvalue weighted by molar-refractivity contribution is 7.92. The molecular weight excluding hydrogens is 517 g/mol. The molecule has 3 rings (SSSR count). The number of carbonyl (C=O) groups is 2. The largest absolute Gasteiger partial charge is 0.354 e. The molecule has 3 aromatic rings. The lowest BCUT2D eigenvalue weighted by Gasteiger charge is -2.32. The van der Waals surface area contributed by atoms with Gasteiger partial charge in [-0.3, -0.25) is 13.9 Å². The van der Waals surface area contributed by atoms with E-state index in [-0.39, 0.29) is 23.3 Å². The summed E-state index contributed by atoms with van der Waals surface area (Å²) in [6.45, 7) is 9.14. The summed E-state index contributed by atoms with van der Waals surface area (Å²) in [6, 6.07) is 18.0. The first-order valence-electron chi connectivity index (χ1n) is 12.9. The molecule has 0 radical (unpaired) electrons. The van der Waals surface area contributed by atoms with Gasteiger partial charge in [-0.25, -0.2) is 12.8 Å². The Hall–Kier alpha value is -3.72. The van der Waals surface area contributed by atoms with Crippen LogP contribution in [0.15, 0.2) is 77.7 Å². The van der Waals surface area contributed by atoms with Crippen molar-refractivity contribution in [2.75, 3.05) is 17.4 Å². The Morgan fingerprint density at radius 3 is 2.05 bits per heavy atom. The van der Waals surface area contributed by atoms with Gasteiger partial charge >= 0.3 is 0 Å². The fourth-order valence-electron chi connectivity index (χ4n) is 4.16. The second-order valence-electron chi connectivity index (χ2n) is 10.1. The number of aryl methyl sites for hydroxylation is 2. The molecule has 9 heteroatoms. The minimum absolute atomic E-state index is 0.00144. The number of hydrogen-bond acceptors (Lipinski definition) is 4. The Morgan fingerprint density at radius 1 is 0.897 bits per heavy atom. The average molecular weight is 554 g/mol. The fourth-order valence-corrected chi connectivity index (χ4v) is 5.58. The molecule has 0 saturated heterocycles. The van der Waals surface area contributed by atoms with Gasteiger partial charge in [-0.15, -0.1) is 0 Å². The summed E-state index contributed by atoms with van der Waals surface area (Å²) >= 11 is 0. The zero-order chi connectivity index (χ0) is 28.7. The van der Waals surface area contributed by atoms with Gasteiger partial charge in [0.05, 0.1) is 10.6 Å². The lowest BCUT2D eigenvalue weighted by molar-refractivity contribution is -0.139. The monoisotopic (exact) mass is 553 g/mol. The van der Waals surface area contributed by atoms with Crippen LogP contribution in [0.2, 0.25) is 0 Å². The highest BCUT2D eigenvalue weighted by Gasteiger charge is 2.32. The lowest BCUT2D eigenvalue weighted by Crippen LogP contribution is -2.51. The van der Waals surface area contributed by atoms with Gasteiger partial charge in [-0.05, 0) is 79.8 Å². The zero-order valence-corrected chi connectivity index (χ0v) is 23.8. The van der Waals surface area contributed by atoms with Gasteiger partial charge in [0.1, 0.15) is 18.4 Å². The third-order valence-corrected chi connectivity index (χ3v) is 8.01. The molecule has 1 atom stereocenters. The molecule has 0 aromatic heterocycles. The van der Waals surface area contributed by atoms with Crippen LogP contribution in [0, 0.1) is 25.6 Å². The van der Waals surface area contributed by atoms with Crippen LogP contribution in [-0.2, 0) is 26.2 Å². The van der Waals surface area contributed by atoms with E-state index in [4.69, 9.17) is 0 Å². The molecule has 0 aliphatic rings. The van der Waals surface area contributed by atoms with Crippen LogP contribution in [0.1, 0.15) is 37.5 Å². The van der Waals surface area contributed by atoms with Gasteiger partial charge in [0, 0.05) is 13.1 Å². The van der Waals surface area contributed by atoms with E-state index in [2.05, 4.69) is 5.32 Å². The Kier molecular flexibility index (Phi) is 9.86. The first-order chi connectivity index (χ1) is 18.4. The number of halogens is 1. The van der Waals surface area contributed by atoms with E-state index < -0.39 is 34.3 Å². The maximum Gasteiger partial charge on any atom is 0.264 e. The normalized spacial score (nSPS) is 12.2. The molecule has 0 spiro atoms. The highest BCUT2D eigenvalue weighted by atomic mass is 32.2. The van der Waals surface area contributed by atoms with Crippen molar-refractivity contribution in [3.05, 3.63) is 95.3 Å². The van der Waals surface area contributed by atoms with Crippen LogP contribution in [-0.4, -0.2) is 44.3 Å². The molecule has 7 nitrogen and oxygen atoms in total. The number of nitrogens with zero attached hydrogens (tertiary/aromatic N) is 2. The molecule has 0 aliphatic heterocycles. The molecular formula is C30H36FN3O4S. The second kappa shape index (κ2) is 12.9. The smallest absolute Gasteiger partial charge is 0.264 e. The predicted molar refractivity (Wildman–Crippen MR) is 151 cm³/mol. The van der Waals surface area contributed by atoms with E-state index in [1.165, 1.54) is 41.3 Å². The number of anilines is 1. The molecule has 0 bridgehead atoms. The third kappa shape index (κ3) is 7.89. The topological polar surface area (TPSA) is 86.8 Å². The molecule has 208 valence electrons. The summed E-state index contributed by atoms with van der Waals surface area (Å²) < 4.78 is 42.3. The molecule has 0 saturated carbocycles. The molecule has 0 fully saturated rings. The Labute approximate surface area is 230 Å². The van der Waals surface area contributed by atoms with Crippen molar-refractivity contribution in [2.24, 2.45) is 5.92 Å². The Morgan fingerprint density at radius 2 is 1.49 bits per heavy atom. The Balaban J connectivity index is 2.03. The van der Waals surface area contributed by atoms with Crippen molar-refractivity contribution in [2.45, 2.75) is 52.1 Å². The Bertz CT molecular complexity index is 1370. The summed E-state index contributed by atoms with van der Waals surface area (Å²) in [5.74, 6) is -1.14. The summed E-state index contributed by atoms with van der Waals surface area (Å²) in [5.41, 5.74) is 2.64. The van der Waals surface area contributed by atoms with Crippen molar-refractivity contribution >= 4 is 27.5 Å². The van der Waals surface area contributed by atoms with Crippen molar-refractivity contribution in [3.8, 4) is 0 Å². The van der Waals surface area contributed by atoms with Gasteiger partial charge in [-0.1, -0.05) is 50.2 Å². The van der Waals surface area contributed by atoms with Gasteiger partial charge in [0.25, 0.3) is 10.0 Å². The van der Waals surface area contributed by atoms with Crippen LogP contribution in [0.4, 0.5) is 10.1 Å². The van der Waals surface area contributed by atoms with E-state index in [9.17, 15) is 22.4 Å². The minimum Gasteiger partial charge on any atom is -0.354 e. The van der Waals surface area contributed by atoms with Crippen molar-refractivity contribution < 1.29 is 22.4 Å². The molecule has 2 amide bonds. The first kappa shape index (κ1) is 29.8. The number of hydrogen-bond donors (Lipinski definition) is 1. The lowest BCUT2D eigenvalue weighted by atomic mass is 10.1. The number of rotatable bonds is 11. The molecule has 0 aliphatic carbocycles. The number of carbonyl (C=O) groups excluding carboxylic acids is 2. The first-order valence-corrected chi connectivity index (χ1v) is 14.3. The number of sulfonamides is 1. The van der Waals surface area contributed by atoms with Gasteiger partial charge < -0.3 is 10.2 Å². The second-order valence-corrected chi connectivity index (χ2v) is 12.0. The van der Waals surface area contributed by atoms with Gasteiger partial charge in [0.15, 0.2) is 0 Å². The van der Waals surface area contributed by atoms with Crippen LogP contribution >= 0.6 is 0 Å². The fraction of sp³-hybridized carbons (Fsp3) is 0.333. The summed E-state index contributed by atoms with van der Waals surface area (Å²) in [6.07, 6.45) is 0. The zero-order valence-electron chi connectivity index (χ0n) is 23.0. The molecule has 0 unspecified atom stereocenters. The summed E-state index contributed by atoms with van der Waals surface area (Å²) in [7, 11) is -4.13. The summed E-state index contributed by atoms with van der Waals surface area (Å²) in [4.78, 5) is 28.3. The van der Waals surface area contributed by atoms with Crippen LogP contribution < -0.4 is 9.62 Å². The predicted octanol–water partition coefficient (Wildman–Crippen LogP) is 4.83. The van der Waals surface area contributed by atoms with Gasteiger partial charge in [-0.2, -0.15) is 0 Å². The van der Waals surface area contributed by atoms with Crippen LogP contribution in [0.3, 0.4) is 0 Å². The van der Waals surface area contributed by atoms with E-state index >= 15 is 0 Å². The van der Waals surface area contributed by atoms with Crippen LogP contribution in [0.25, 0.3) is 0 Å². The van der Waals surface area contributed by atoms with E-state index in [0.29, 0.717) is 17.8 Å². The quantitative estimate of drug-likeness (QED) is 0.369. The number of amides is 2. The maximum absolute atomic E-state index is 13.9. The van der Waals surface area contributed by atoms with Crippen molar-refractivity contribution in [1.82, 2.24) is 10.2 Å². The highest BCUT2D eigenvalue weighted by Crippen LogP contribution is 2.26. The number of nitrogens with one attached hydrogen (secondary N) is 1. The van der Waals surface area contributed by atoms with Crippen molar-refractivity contribution in [1.29, 1.82) is 0 Å². The van der Waals surface area contributed by atoms with Crippen LogP contribution in [0.5, 0.6) is 0 Å². The average Bonchev–Trinajstić information content (AvgIpc) is 2.89. The van der Waals surface area contributed by atoms with E-state index in [0.717, 1.165) is 15.4 Å². The van der Waals surface area contributed by atoms with Gasteiger partial charge in [0.2, 0.25) is 11.8 Å².